The van der Waals surface area contributed by atoms with Crippen LogP contribution in [0.1, 0.15) is 55.0 Å². The van der Waals surface area contributed by atoms with Crippen LogP contribution in [0, 0.1) is 5.92 Å². The number of aryl methyl sites for hydroxylation is 1. The molecule has 4 rings (SSSR count). The first kappa shape index (κ1) is 14.5. The summed E-state index contributed by atoms with van der Waals surface area (Å²) in [6.07, 6.45) is 9.44. The molecule has 0 saturated carbocycles. The number of piperidine rings is 1. The van der Waals surface area contributed by atoms with Gasteiger partial charge in [-0.3, -0.25) is 0 Å². The van der Waals surface area contributed by atoms with E-state index < -0.39 is 0 Å². The van der Waals surface area contributed by atoms with Crippen molar-refractivity contribution in [2.75, 3.05) is 13.6 Å². The van der Waals surface area contributed by atoms with Crippen LogP contribution >= 0.6 is 22.9 Å². The van der Waals surface area contributed by atoms with Gasteiger partial charge in [0, 0.05) is 23.0 Å². The van der Waals surface area contributed by atoms with E-state index in [-0.39, 0.29) is 0 Å². The summed E-state index contributed by atoms with van der Waals surface area (Å²) in [5, 5.41) is 3.87. The maximum atomic E-state index is 6.21. The number of hydrogen-bond donors (Lipinski definition) is 1. The van der Waals surface area contributed by atoms with E-state index >= 15 is 0 Å². The number of thiophene rings is 1. The highest BCUT2D eigenvalue weighted by Gasteiger charge is 2.38. The number of rotatable bonds is 3. The molecular weight excluding hydrogens is 300 g/mol. The Morgan fingerprint density at radius 3 is 2.81 bits per heavy atom. The molecule has 2 bridgehead atoms. The first-order valence-corrected chi connectivity index (χ1v) is 9.63. The Kier molecular flexibility index (Phi) is 4.03. The smallest absolute Gasteiger partial charge is 0.0934 e. The summed E-state index contributed by atoms with van der Waals surface area (Å²) in [5.74, 6) is 0.873. The fourth-order valence-electron chi connectivity index (χ4n) is 4.73. The second-order valence-electron chi connectivity index (χ2n) is 7.17. The molecule has 2 aliphatic heterocycles. The van der Waals surface area contributed by atoms with Crippen LogP contribution in [-0.4, -0.2) is 30.6 Å². The lowest BCUT2D eigenvalue weighted by atomic mass is 9.89. The standard InChI is InChI=1S/C17H25ClN2S/c1-20-12-5-6-13(20)8-11(7-12)10-19-15-3-2-4-16-14(15)9-17(18)21-16/h9,11-13,15,19H,2-8,10H2,1H3. The molecule has 1 aromatic heterocycles. The minimum Gasteiger partial charge on any atom is -0.310 e. The van der Waals surface area contributed by atoms with E-state index in [0.717, 1.165) is 22.3 Å². The highest BCUT2D eigenvalue weighted by Crippen LogP contribution is 2.39. The van der Waals surface area contributed by atoms with Gasteiger partial charge < -0.3 is 10.2 Å². The fourth-order valence-corrected chi connectivity index (χ4v) is 6.12. The molecule has 21 heavy (non-hydrogen) atoms. The molecule has 1 N–H and O–H groups in total. The zero-order valence-corrected chi connectivity index (χ0v) is 14.3. The average Bonchev–Trinajstić information content (AvgIpc) is 2.92. The molecule has 116 valence electrons. The zero-order valence-electron chi connectivity index (χ0n) is 12.8. The third-order valence-electron chi connectivity index (χ3n) is 5.93. The Morgan fingerprint density at radius 1 is 1.29 bits per heavy atom. The summed E-state index contributed by atoms with van der Waals surface area (Å²) in [6.45, 7) is 1.19. The Labute approximate surface area is 136 Å². The SMILES string of the molecule is CN1C2CCC1CC(CNC1CCCc3sc(Cl)cc31)C2. The zero-order chi connectivity index (χ0) is 14.4. The molecule has 0 spiro atoms. The lowest BCUT2D eigenvalue weighted by molar-refractivity contribution is 0.130. The Balaban J connectivity index is 1.38. The molecule has 4 heteroatoms. The predicted octanol–water partition coefficient (Wildman–Crippen LogP) is 4.24. The highest BCUT2D eigenvalue weighted by atomic mass is 35.5. The molecule has 3 unspecified atom stereocenters. The van der Waals surface area contributed by atoms with Crippen LogP contribution in [0.15, 0.2) is 6.07 Å². The summed E-state index contributed by atoms with van der Waals surface area (Å²) in [5.41, 5.74) is 1.49. The van der Waals surface area contributed by atoms with Gasteiger partial charge in [-0.2, -0.15) is 0 Å². The largest absolute Gasteiger partial charge is 0.310 e. The van der Waals surface area contributed by atoms with Crippen LogP contribution < -0.4 is 5.32 Å². The van der Waals surface area contributed by atoms with Gasteiger partial charge in [-0.15, -0.1) is 11.3 Å². The Morgan fingerprint density at radius 2 is 2.05 bits per heavy atom. The first-order chi connectivity index (χ1) is 10.2. The van der Waals surface area contributed by atoms with E-state index in [1.165, 1.54) is 61.9 Å². The van der Waals surface area contributed by atoms with Gasteiger partial charge in [0.25, 0.3) is 0 Å². The number of fused-ring (bicyclic) bond motifs is 3. The third kappa shape index (κ3) is 2.78. The molecule has 3 aliphatic rings. The number of halogens is 1. The van der Waals surface area contributed by atoms with Crippen molar-refractivity contribution in [1.82, 2.24) is 10.2 Å². The molecule has 0 amide bonds. The van der Waals surface area contributed by atoms with Crippen LogP contribution in [-0.2, 0) is 6.42 Å². The van der Waals surface area contributed by atoms with E-state index in [2.05, 4.69) is 23.3 Å². The minimum absolute atomic E-state index is 0.551. The van der Waals surface area contributed by atoms with E-state index in [1.807, 2.05) is 0 Å². The lowest BCUT2D eigenvalue weighted by Crippen LogP contribution is -2.43. The lowest BCUT2D eigenvalue weighted by Gasteiger charge is -2.37. The van der Waals surface area contributed by atoms with Crippen molar-refractivity contribution in [3.05, 3.63) is 20.8 Å². The Bertz CT molecular complexity index is 501. The van der Waals surface area contributed by atoms with Crippen molar-refractivity contribution in [3.8, 4) is 0 Å². The molecule has 2 saturated heterocycles. The molecule has 2 nitrogen and oxygen atoms in total. The molecule has 1 aromatic rings. The molecule has 3 atom stereocenters. The third-order valence-corrected chi connectivity index (χ3v) is 7.27. The summed E-state index contributed by atoms with van der Waals surface area (Å²) in [6, 6.07) is 4.47. The monoisotopic (exact) mass is 324 g/mol. The topological polar surface area (TPSA) is 15.3 Å². The van der Waals surface area contributed by atoms with Crippen molar-refractivity contribution >= 4 is 22.9 Å². The van der Waals surface area contributed by atoms with Crippen LogP contribution in [0.5, 0.6) is 0 Å². The van der Waals surface area contributed by atoms with Crippen molar-refractivity contribution in [2.24, 2.45) is 5.92 Å². The van der Waals surface area contributed by atoms with Crippen molar-refractivity contribution in [1.29, 1.82) is 0 Å². The van der Waals surface area contributed by atoms with Gasteiger partial charge in [0.1, 0.15) is 0 Å². The maximum absolute atomic E-state index is 6.21. The van der Waals surface area contributed by atoms with Crippen LogP contribution in [0.3, 0.4) is 0 Å². The van der Waals surface area contributed by atoms with Crippen molar-refractivity contribution in [3.63, 3.8) is 0 Å². The summed E-state index contributed by atoms with van der Waals surface area (Å²) in [4.78, 5) is 4.15. The Hall–Kier alpha value is -0.0900. The number of nitrogens with one attached hydrogen (secondary N) is 1. The average molecular weight is 325 g/mol. The molecule has 0 aromatic carbocycles. The predicted molar refractivity (Wildman–Crippen MR) is 90.3 cm³/mol. The van der Waals surface area contributed by atoms with Gasteiger partial charge >= 0.3 is 0 Å². The van der Waals surface area contributed by atoms with E-state index in [0.29, 0.717) is 6.04 Å². The highest BCUT2D eigenvalue weighted by molar-refractivity contribution is 7.16. The molecular formula is C17H25ClN2S. The summed E-state index contributed by atoms with van der Waals surface area (Å²) >= 11 is 8.00. The normalized spacial score (nSPS) is 35.9. The molecule has 0 radical (unpaired) electrons. The van der Waals surface area contributed by atoms with E-state index in [9.17, 15) is 0 Å². The van der Waals surface area contributed by atoms with Crippen molar-refractivity contribution in [2.45, 2.75) is 63.1 Å². The number of hydrogen-bond acceptors (Lipinski definition) is 3. The van der Waals surface area contributed by atoms with Gasteiger partial charge in [-0.05, 0) is 76.1 Å². The molecule has 3 heterocycles. The quantitative estimate of drug-likeness (QED) is 0.894. The maximum Gasteiger partial charge on any atom is 0.0934 e. The van der Waals surface area contributed by atoms with Gasteiger partial charge in [0.05, 0.1) is 4.34 Å². The van der Waals surface area contributed by atoms with Crippen molar-refractivity contribution < 1.29 is 0 Å². The van der Waals surface area contributed by atoms with Gasteiger partial charge in [-0.25, -0.2) is 0 Å². The summed E-state index contributed by atoms with van der Waals surface area (Å²) in [7, 11) is 2.33. The van der Waals surface area contributed by atoms with Gasteiger partial charge in [0.15, 0.2) is 0 Å². The van der Waals surface area contributed by atoms with Crippen LogP contribution in [0.2, 0.25) is 4.34 Å². The minimum atomic E-state index is 0.551. The first-order valence-electron chi connectivity index (χ1n) is 8.44. The second kappa shape index (κ2) is 5.84. The molecule has 2 fully saturated rings. The second-order valence-corrected chi connectivity index (χ2v) is 8.94. The van der Waals surface area contributed by atoms with Crippen LogP contribution in [0.4, 0.5) is 0 Å². The number of nitrogens with zero attached hydrogens (tertiary/aromatic N) is 1. The van der Waals surface area contributed by atoms with Gasteiger partial charge in [0.2, 0.25) is 0 Å². The van der Waals surface area contributed by atoms with E-state index in [4.69, 9.17) is 11.6 Å². The molecule has 1 aliphatic carbocycles. The van der Waals surface area contributed by atoms with Crippen LogP contribution in [0.25, 0.3) is 0 Å². The van der Waals surface area contributed by atoms with E-state index in [1.54, 1.807) is 11.3 Å². The summed E-state index contributed by atoms with van der Waals surface area (Å²) < 4.78 is 0.964. The van der Waals surface area contributed by atoms with Gasteiger partial charge in [-0.1, -0.05) is 11.6 Å². The fraction of sp³-hybridized carbons (Fsp3) is 0.765.